The zero-order valence-electron chi connectivity index (χ0n) is 16.5. The van der Waals surface area contributed by atoms with Crippen molar-refractivity contribution in [3.63, 3.8) is 0 Å². The van der Waals surface area contributed by atoms with E-state index in [2.05, 4.69) is 10.1 Å². The van der Waals surface area contributed by atoms with Crippen LogP contribution in [0.5, 0.6) is 0 Å². The van der Waals surface area contributed by atoms with Gasteiger partial charge in [-0.05, 0) is 31.0 Å². The molecule has 1 aromatic carbocycles. The number of aryl methyl sites for hydroxylation is 2. The van der Waals surface area contributed by atoms with E-state index in [1.165, 1.54) is 0 Å². The Morgan fingerprint density at radius 3 is 2.62 bits per heavy atom. The summed E-state index contributed by atoms with van der Waals surface area (Å²) in [6, 6.07) is 15.6. The number of carbonyl (C=O) groups excluding carboxylic acids is 2. The smallest absolute Gasteiger partial charge is 0.228 e. The highest BCUT2D eigenvalue weighted by molar-refractivity contribution is 5.95. The molecule has 0 bridgehead atoms. The quantitative estimate of drug-likeness (QED) is 0.647. The average molecular weight is 388 g/mol. The number of Topliss-reactive ketones (excluding diaryl/α,β-unsaturated/α-hetero) is 1. The van der Waals surface area contributed by atoms with E-state index < -0.39 is 0 Å². The van der Waals surface area contributed by atoms with Crippen LogP contribution in [0.1, 0.15) is 30.5 Å². The number of hydrogen-bond donors (Lipinski definition) is 0. The second-order valence-corrected chi connectivity index (χ2v) is 7.39. The van der Waals surface area contributed by atoms with Crippen LogP contribution in [0, 0.1) is 6.92 Å². The summed E-state index contributed by atoms with van der Waals surface area (Å²) in [7, 11) is 0. The number of hydrogen-bond acceptors (Lipinski definition) is 4. The molecule has 1 aliphatic rings. The molecule has 0 fully saturated rings. The van der Waals surface area contributed by atoms with Crippen molar-refractivity contribution in [2.45, 2.75) is 39.2 Å². The summed E-state index contributed by atoms with van der Waals surface area (Å²) in [4.78, 5) is 31.2. The van der Waals surface area contributed by atoms with Gasteiger partial charge in [0.15, 0.2) is 0 Å². The molecule has 6 nitrogen and oxygen atoms in total. The highest BCUT2D eigenvalue weighted by atomic mass is 16.2. The number of amides is 1. The highest BCUT2D eigenvalue weighted by Gasteiger charge is 2.24. The van der Waals surface area contributed by atoms with Crippen LogP contribution in [-0.4, -0.2) is 33.0 Å². The van der Waals surface area contributed by atoms with Gasteiger partial charge < -0.3 is 0 Å². The van der Waals surface area contributed by atoms with Crippen molar-refractivity contribution in [2.75, 3.05) is 11.4 Å². The van der Waals surface area contributed by atoms with E-state index in [-0.39, 0.29) is 24.5 Å². The van der Waals surface area contributed by atoms with E-state index in [4.69, 9.17) is 0 Å². The predicted molar refractivity (Wildman–Crippen MR) is 112 cm³/mol. The van der Waals surface area contributed by atoms with Crippen LogP contribution in [0.15, 0.2) is 54.7 Å². The monoisotopic (exact) mass is 388 g/mol. The van der Waals surface area contributed by atoms with Gasteiger partial charge in [0.1, 0.15) is 11.6 Å². The topological polar surface area (TPSA) is 68.1 Å². The number of anilines is 1. The van der Waals surface area contributed by atoms with Gasteiger partial charge in [-0.15, -0.1) is 0 Å². The maximum Gasteiger partial charge on any atom is 0.228 e. The fourth-order valence-corrected chi connectivity index (χ4v) is 3.68. The molecule has 0 unspecified atom stereocenters. The highest BCUT2D eigenvalue weighted by Crippen LogP contribution is 2.23. The number of fused-ring (bicyclic) bond motifs is 1. The SMILES string of the molecule is Cc1cc2n(n1)CCCN2C(=O)CCC(=O)Cc1ccc(-c2ccccn2)cc1. The van der Waals surface area contributed by atoms with Crippen LogP contribution in [0.4, 0.5) is 5.82 Å². The van der Waals surface area contributed by atoms with Gasteiger partial charge in [-0.2, -0.15) is 5.10 Å². The number of benzene rings is 1. The minimum Gasteiger partial charge on any atom is -0.299 e. The molecule has 0 saturated carbocycles. The van der Waals surface area contributed by atoms with E-state index in [0.717, 1.165) is 41.3 Å². The van der Waals surface area contributed by atoms with Gasteiger partial charge in [0, 0.05) is 50.2 Å². The molecule has 0 radical (unpaired) electrons. The van der Waals surface area contributed by atoms with E-state index >= 15 is 0 Å². The third kappa shape index (κ3) is 4.42. The molecule has 3 aromatic rings. The predicted octanol–water partition coefficient (Wildman–Crippen LogP) is 3.58. The van der Waals surface area contributed by atoms with E-state index in [1.54, 1.807) is 11.1 Å². The first-order valence-electron chi connectivity index (χ1n) is 9.97. The second kappa shape index (κ2) is 8.39. The Morgan fingerprint density at radius 1 is 1.03 bits per heavy atom. The number of aromatic nitrogens is 3. The Hall–Kier alpha value is -3.28. The van der Waals surface area contributed by atoms with E-state index in [0.29, 0.717) is 13.0 Å². The number of pyridine rings is 1. The number of ketones is 1. The zero-order valence-corrected chi connectivity index (χ0v) is 16.5. The van der Waals surface area contributed by atoms with Crippen molar-refractivity contribution in [1.29, 1.82) is 0 Å². The third-order valence-corrected chi connectivity index (χ3v) is 5.14. The van der Waals surface area contributed by atoms with Crippen molar-refractivity contribution in [3.05, 3.63) is 66.0 Å². The lowest BCUT2D eigenvalue weighted by atomic mass is 10.0. The standard InChI is InChI=1S/C23H24N4O2/c1-17-15-22-26(13-4-14-27(22)25-17)23(29)11-10-20(28)16-18-6-8-19(9-7-18)21-5-2-3-12-24-21/h2-3,5-9,12,15H,4,10-11,13-14,16H2,1H3. The van der Waals surface area contributed by atoms with E-state index in [1.807, 2.05) is 60.1 Å². The fourth-order valence-electron chi connectivity index (χ4n) is 3.68. The van der Waals surface area contributed by atoms with Crippen molar-refractivity contribution in [3.8, 4) is 11.3 Å². The molecule has 1 amide bonds. The van der Waals surface area contributed by atoms with E-state index in [9.17, 15) is 9.59 Å². The van der Waals surface area contributed by atoms with Crippen molar-refractivity contribution < 1.29 is 9.59 Å². The third-order valence-electron chi connectivity index (χ3n) is 5.14. The van der Waals surface area contributed by atoms with Crippen LogP contribution < -0.4 is 4.90 Å². The molecule has 0 saturated heterocycles. The molecular formula is C23H24N4O2. The lowest BCUT2D eigenvalue weighted by Crippen LogP contribution is -2.37. The second-order valence-electron chi connectivity index (χ2n) is 7.39. The largest absolute Gasteiger partial charge is 0.299 e. The normalized spacial score (nSPS) is 13.2. The summed E-state index contributed by atoms with van der Waals surface area (Å²) in [5.41, 5.74) is 3.79. The Kier molecular flexibility index (Phi) is 5.51. The minimum absolute atomic E-state index is 0.00954. The fraction of sp³-hybridized carbons (Fsp3) is 0.304. The summed E-state index contributed by atoms with van der Waals surface area (Å²) in [5, 5.41) is 4.42. The Bertz CT molecular complexity index is 1010. The van der Waals surface area contributed by atoms with Gasteiger partial charge >= 0.3 is 0 Å². The van der Waals surface area contributed by atoms with Crippen LogP contribution in [0.3, 0.4) is 0 Å². The van der Waals surface area contributed by atoms with Gasteiger partial charge in [-0.1, -0.05) is 30.3 Å². The Labute approximate surface area is 170 Å². The Morgan fingerprint density at radius 2 is 1.86 bits per heavy atom. The number of nitrogens with zero attached hydrogens (tertiary/aromatic N) is 4. The number of rotatable bonds is 6. The van der Waals surface area contributed by atoms with Crippen molar-refractivity contribution in [2.24, 2.45) is 0 Å². The van der Waals surface area contributed by atoms with Crippen LogP contribution in [0.25, 0.3) is 11.3 Å². The minimum atomic E-state index is -0.00954. The molecule has 4 rings (SSSR count). The number of carbonyl (C=O) groups is 2. The first kappa shape index (κ1) is 19.1. The van der Waals surface area contributed by atoms with Crippen LogP contribution in [-0.2, 0) is 22.6 Å². The Balaban J connectivity index is 1.32. The molecule has 0 aliphatic carbocycles. The summed E-state index contributed by atoms with van der Waals surface area (Å²) in [6.45, 7) is 3.45. The molecule has 3 heterocycles. The molecule has 0 N–H and O–H groups in total. The van der Waals surface area contributed by atoms with Crippen molar-refractivity contribution >= 4 is 17.5 Å². The maximum absolute atomic E-state index is 12.7. The molecule has 0 atom stereocenters. The van der Waals surface area contributed by atoms with Crippen LogP contribution >= 0.6 is 0 Å². The van der Waals surface area contributed by atoms with Crippen molar-refractivity contribution in [1.82, 2.24) is 14.8 Å². The lowest BCUT2D eigenvalue weighted by Gasteiger charge is -2.27. The summed E-state index contributed by atoms with van der Waals surface area (Å²) >= 11 is 0. The summed E-state index contributed by atoms with van der Waals surface area (Å²) in [6.07, 6.45) is 3.48. The molecular weight excluding hydrogens is 364 g/mol. The molecule has 2 aromatic heterocycles. The first-order chi connectivity index (χ1) is 14.1. The molecule has 29 heavy (non-hydrogen) atoms. The molecule has 0 spiro atoms. The lowest BCUT2D eigenvalue weighted by molar-refractivity contribution is -0.123. The van der Waals surface area contributed by atoms with Gasteiger partial charge in [-0.25, -0.2) is 4.68 Å². The molecule has 6 heteroatoms. The molecule has 148 valence electrons. The summed E-state index contributed by atoms with van der Waals surface area (Å²) < 4.78 is 1.88. The average Bonchev–Trinajstić information content (AvgIpc) is 3.13. The van der Waals surface area contributed by atoms with Gasteiger partial charge in [-0.3, -0.25) is 19.5 Å². The van der Waals surface area contributed by atoms with Gasteiger partial charge in [0.2, 0.25) is 5.91 Å². The van der Waals surface area contributed by atoms with Gasteiger partial charge in [0.25, 0.3) is 0 Å². The zero-order chi connectivity index (χ0) is 20.2. The first-order valence-corrected chi connectivity index (χ1v) is 9.97. The van der Waals surface area contributed by atoms with Gasteiger partial charge in [0.05, 0.1) is 11.4 Å². The summed E-state index contributed by atoms with van der Waals surface area (Å²) in [5.74, 6) is 0.909. The maximum atomic E-state index is 12.7. The molecule has 1 aliphatic heterocycles. The van der Waals surface area contributed by atoms with Crippen LogP contribution in [0.2, 0.25) is 0 Å².